The van der Waals surface area contributed by atoms with Gasteiger partial charge in [0.2, 0.25) is 5.91 Å². The molecule has 84 valence electrons. The minimum absolute atomic E-state index is 0.165. The van der Waals surface area contributed by atoms with Crippen LogP contribution >= 0.6 is 15.9 Å². The Morgan fingerprint density at radius 3 is 2.81 bits per heavy atom. The molecule has 2 nitrogen and oxygen atoms in total. The van der Waals surface area contributed by atoms with Crippen molar-refractivity contribution in [2.24, 2.45) is 0 Å². The predicted octanol–water partition coefficient (Wildman–Crippen LogP) is 3.66. The number of allylic oxidation sites excluding steroid dienone is 3. The van der Waals surface area contributed by atoms with Gasteiger partial charge in [-0.1, -0.05) is 34.2 Å². The lowest BCUT2D eigenvalue weighted by Crippen LogP contribution is -2.09. The zero-order valence-electron chi connectivity index (χ0n) is 8.71. The maximum absolute atomic E-state index is 13.3. The zero-order chi connectivity index (χ0) is 12.0. The van der Waals surface area contributed by atoms with Crippen molar-refractivity contribution in [2.45, 2.75) is 6.92 Å². The Labute approximate surface area is 102 Å². The van der Waals surface area contributed by atoms with Crippen LogP contribution in [0.1, 0.15) is 6.92 Å². The fourth-order valence-corrected chi connectivity index (χ4v) is 1.35. The largest absolute Gasteiger partial charge is 0.320 e. The minimum atomic E-state index is -0.470. The molecule has 0 aliphatic carbocycles. The molecule has 1 amide bonds. The molecule has 4 heteroatoms. The lowest BCUT2D eigenvalue weighted by molar-refractivity contribution is -0.111. The number of amides is 1. The van der Waals surface area contributed by atoms with Crippen molar-refractivity contribution in [1.29, 1.82) is 0 Å². The number of rotatable bonds is 3. The highest BCUT2D eigenvalue weighted by atomic mass is 79.9. The molecule has 1 rings (SSSR count). The predicted molar refractivity (Wildman–Crippen MR) is 66.7 cm³/mol. The topological polar surface area (TPSA) is 29.1 Å². The van der Waals surface area contributed by atoms with Crippen LogP contribution in [0.2, 0.25) is 0 Å². The molecule has 1 N–H and O–H groups in total. The molecule has 16 heavy (non-hydrogen) atoms. The molecule has 0 aliphatic heterocycles. The molecule has 0 aliphatic rings. The summed E-state index contributed by atoms with van der Waals surface area (Å²) in [4.78, 5) is 11.3. The molecule has 0 bridgehead atoms. The lowest BCUT2D eigenvalue weighted by Gasteiger charge is -2.03. The average Bonchev–Trinajstić information content (AvgIpc) is 2.23. The van der Waals surface area contributed by atoms with Gasteiger partial charge in [0.15, 0.2) is 0 Å². The van der Waals surface area contributed by atoms with E-state index in [1.807, 2.05) is 6.92 Å². The summed E-state index contributed by atoms with van der Waals surface area (Å²) in [5, 5.41) is 2.44. The third-order valence-corrected chi connectivity index (χ3v) is 2.23. The molecule has 1 aromatic rings. The maximum Gasteiger partial charge on any atom is 0.248 e. The summed E-state index contributed by atoms with van der Waals surface area (Å²) in [5.74, 6) is -0.832. The van der Waals surface area contributed by atoms with E-state index < -0.39 is 5.82 Å². The molecule has 0 spiro atoms. The Bertz CT molecular complexity index is 441. The number of nitrogens with one attached hydrogen (secondary N) is 1. The van der Waals surface area contributed by atoms with Crippen LogP contribution in [-0.4, -0.2) is 5.91 Å². The van der Waals surface area contributed by atoms with Crippen molar-refractivity contribution in [1.82, 2.24) is 0 Å². The third kappa shape index (κ3) is 3.98. The SMILES string of the molecule is C/C=C/C=C/C(=O)Nc1ccc(Br)cc1F. The number of anilines is 1. The fourth-order valence-electron chi connectivity index (χ4n) is 1.02. The Morgan fingerprint density at radius 2 is 2.19 bits per heavy atom. The Balaban J connectivity index is 2.70. The molecule has 0 atom stereocenters. The van der Waals surface area contributed by atoms with E-state index in [1.54, 1.807) is 24.3 Å². The highest BCUT2D eigenvalue weighted by Crippen LogP contribution is 2.19. The molecule has 0 heterocycles. The van der Waals surface area contributed by atoms with Crippen LogP contribution in [0.5, 0.6) is 0 Å². The van der Waals surface area contributed by atoms with Gasteiger partial charge in [-0.05, 0) is 25.1 Å². The van der Waals surface area contributed by atoms with Gasteiger partial charge < -0.3 is 5.32 Å². The van der Waals surface area contributed by atoms with Crippen molar-refractivity contribution in [2.75, 3.05) is 5.32 Å². The first-order valence-electron chi connectivity index (χ1n) is 4.69. The highest BCUT2D eigenvalue weighted by molar-refractivity contribution is 9.10. The molecular formula is C12H11BrFNO. The zero-order valence-corrected chi connectivity index (χ0v) is 10.3. The second-order valence-corrected chi connectivity index (χ2v) is 3.91. The Kier molecular flexibility index (Phi) is 4.92. The Hall–Kier alpha value is -1.42. The Morgan fingerprint density at radius 1 is 1.44 bits per heavy atom. The second kappa shape index (κ2) is 6.23. The summed E-state index contributed by atoms with van der Waals surface area (Å²) in [5.41, 5.74) is 0.165. The number of carbonyl (C=O) groups excluding carboxylic acids is 1. The molecule has 0 radical (unpaired) electrons. The minimum Gasteiger partial charge on any atom is -0.320 e. The molecule has 0 saturated carbocycles. The summed E-state index contributed by atoms with van der Waals surface area (Å²) < 4.78 is 13.9. The van der Waals surface area contributed by atoms with Gasteiger partial charge in [0, 0.05) is 10.5 Å². The first-order chi connectivity index (χ1) is 7.63. The van der Waals surface area contributed by atoms with E-state index in [2.05, 4.69) is 21.2 Å². The van der Waals surface area contributed by atoms with E-state index in [0.717, 1.165) is 0 Å². The van der Waals surface area contributed by atoms with Gasteiger partial charge in [-0.2, -0.15) is 0 Å². The van der Waals surface area contributed by atoms with Crippen LogP contribution in [0.4, 0.5) is 10.1 Å². The molecule has 0 unspecified atom stereocenters. The van der Waals surface area contributed by atoms with Crippen molar-refractivity contribution in [3.05, 3.63) is 52.8 Å². The van der Waals surface area contributed by atoms with E-state index in [-0.39, 0.29) is 11.6 Å². The van der Waals surface area contributed by atoms with Crippen molar-refractivity contribution in [3.8, 4) is 0 Å². The van der Waals surface area contributed by atoms with Crippen molar-refractivity contribution in [3.63, 3.8) is 0 Å². The number of hydrogen-bond acceptors (Lipinski definition) is 1. The smallest absolute Gasteiger partial charge is 0.248 e. The molecular weight excluding hydrogens is 273 g/mol. The van der Waals surface area contributed by atoms with Crippen LogP contribution in [0, 0.1) is 5.82 Å². The molecule has 0 fully saturated rings. The summed E-state index contributed by atoms with van der Waals surface area (Å²) in [6.45, 7) is 1.84. The van der Waals surface area contributed by atoms with Crippen molar-refractivity contribution < 1.29 is 9.18 Å². The van der Waals surface area contributed by atoms with Crippen molar-refractivity contribution >= 4 is 27.5 Å². The van der Waals surface area contributed by atoms with Crippen LogP contribution in [0.15, 0.2) is 47.0 Å². The van der Waals surface area contributed by atoms with E-state index in [1.165, 1.54) is 18.2 Å². The van der Waals surface area contributed by atoms with Crippen LogP contribution in [-0.2, 0) is 4.79 Å². The van der Waals surface area contributed by atoms with E-state index in [9.17, 15) is 9.18 Å². The maximum atomic E-state index is 13.3. The van der Waals surface area contributed by atoms with E-state index in [4.69, 9.17) is 0 Å². The summed E-state index contributed by atoms with van der Waals surface area (Å²) in [7, 11) is 0. The first kappa shape index (κ1) is 12.6. The van der Waals surface area contributed by atoms with E-state index >= 15 is 0 Å². The number of carbonyl (C=O) groups is 1. The monoisotopic (exact) mass is 283 g/mol. The number of benzene rings is 1. The average molecular weight is 284 g/mol. The van der Waals surface area contributed by atoms with Gasteiger partial charge >= 0.3 is 0 Å². The van der Waals surface area contributed by atoms with Gasteiger partial charge in [-0.25, -0.2) is 4.39 Å². The number of halogens is 2. The first-order valence-corrected chi connectivity index (χ1v) is 5.48. The molecule has 1 aromatic carbocycles. The molecule has 0 aromatic heterocycles. The summed E-state index contributed by atoms with van der Waals surface area (Å²) >= 11 is 3.14. The lowest BCUT2D eigenvalue weighted by atomic mass is 10.3. The van der Waals surface area contributed by atoms with Gasteiger partial charge in [0.05, 0.1) is 5.69 Å². The second-order valence-electron chi connectivity index (χ2n) is 3.00. The van der Waals surface area contributed by atoms with Gasteiger partial charge in [0.25, 0.3) is 0 Å². The fraction of sp³-hybridized carbons (Fsp3) is 0.0833. The van der Waals surface area contributed by atoms with Crippen LogP contribution in [0.3, 0.4) is 0 Å². The summed E-state index contributed by atoms with van der Waals surface area (Å²) in [6.07, 6.45) is 6.44. The quantitative estimate of drug-likeness (QED) is 0.666. The highest BCUT2D eigenvalue weighted by Gasteiger charge is 2.04. The number of hydrogen-bond donors (Lipinski definition) is 1. The van der Waals surface area contributed by atoms with Crippen LogP contribution < -0.4 is 5.32 Å². The standard InChI is InChI=1S/C12H11BrFNO/c1-2-3-4-5-12(16)15-11-7-6-9(13)8-10(11)14/h2-8H,1H3,(H,15,16)/b3-2+,5-4+. The normalized spacial score (nSPS) is 11.2. The van der Waals surface area contributed by atoms with Gasteiger partial charge in [-0.3, -0.25) is 4.79 Å². The van der Waals surface area contributed by atoms with E-state index in [0.29, 0.717) is 4.47 Å². The summed E-state index contributed by atoms with van der Waals surface area (Å²) in [6, 6.07) is 4.46. The van der Waals surface area contributed by atoms with Gasteiger partial charge in [0.1, 0.15) is 5.82 Å². The van der Waals surface area contributed by atoms with Gasteiger partial charge in [-0.15, -0.1) is 0 Å². The van der Waals surface area contributed by atoms with Crippen LogP contribution in [0.25, 0.3) is 0 Å². The molecule has 0 saturated heterocycles. The third-order valence-electron chi connectivity index (χ3n) is 1.74.